The second kappa shape index (κ2) is 7.20. The third-order valence-corrected chi connectivity index (χ3v) is 5.38. The van der Waals surface area contributed by atoms with Crippen LogP contribution in [0.5, 0.6) is 5.75 Å². The van der Waals surface area contributed by atoms with Gasteiger partial charge in [0.1, 0.15) is 5.75 Å². The lowest BCUT2D eigenvalue weighted by atomic mass is 10.2. The average molecular weight is 320 g/mol. The van der Waals surface area contributed by atoms with E-state index in [4.69, 9.17) is 0 Å². The monoisotopic (exact) mass is 320 g/mol. The molecule has 0 saturated heterocycles. The molecule has 0 bridgehead atoms. The minimum Gasteiger partial charge on any atom is -0.433 e. The zero-order chi connectivity index (χ0) is 16.1. The summed E-state index contributed by atoms with van der Waals surface area (Å²) in [4.78, 5) is 0.0215. The number of benzene rings is 1. The Hall–Kier alpha value is -1.17. The largest absolute Gasteiger partial charge is 0.433 e. The highest BCUT2D eigenvalue weighted by Crippen LogP contribution is 2.26. The Bertz CT molecular complexity index is 550. The van der Waals surface area contributed by atoms with Crippen molar-refractivity contribution in [2.45, 2.75) is 62.7 Å². The molecule has 1 unspecified atom stereocenters. The highest BCUT2D eigenvalue weighted by Gasteiger charge is 2.26. The smallest absolute Gasteiger partial charge is 0.394 e. The summed E-state index contributed by atoms with van der Waals surface area (Å²) in [6.07, 6.45) is 0.0488. The molecule has 0 aromatic heterocycles. The van der Waals surface area contributed by atoms with Gasteiger partial charge in [-0.25, -0.2) is 8.42 Å². The molecule has 0 fully saturated rings. The minimum atomic E-state index is -3.52. The first-order valence-electron chi connectivity index (χ1n) is 7.07. The van der Waals surface area contributed by atoms with Crippen LogP contribution in [0.15, 0.2) is 29.2 Å². The number of rotatable bonds is 8. The van der Waals surface area contributed by atoms with Crippen LogP contribution < -0.4 is 4.74 Å². The normalized spacial score (nSPS) is 14.0. The number of ether oxygens (including phenoxy) is 1. The first-order chi connectivity index (χ1) is 9.66. The van der Waals surface area contributed by atoms with Crippen molar-refractivity contribution < 1.29 is 21.9 Å². The lowest BCUT2D eigenvalue weighted by molar-refractivity contribution is -0.159. The number of unbranched alkanes of at least 4 members (excludes halogenated alkanes) is 2. The van der Waals surface area contributed by atoms with Gasteiger partial charge < -0.3 is 4.74 Å². The molecule has 1 aromatic rings. The summed E-state index contributed by atoms with van der Waals surface area (Å²) in [6.45, 7) is 4.30. The molecule has 120 valence electrons. The number of sulfone groups is 1. The van der Waals surface area contributed by atoms with E-state index in [0.717, 1.165) is 25.3 Å². The number of alkyl halides is 2. The molecule has 0 spiro atoms. The van der Waals surface area contributed by atoms with Crippen LogP contribution in [0.25, 0.3) is 0 Å². The molecule has 0 amide bonds. The van der Waals surface area contributed by atoms with Crippen LogP contribution in [0.3, 0.4) is 0 Å². The first kappa shape index (κ1) is 17.9. The molecule has 1 aromatic carbocycles. The van der Waals surface area contributed by atoms with E-state index in [-0.39, 0.29) is 10.6 Å². The standard InChI is InChI=1S/C15H22F2O3S/c1-4-5-6-8-12(2)21(18,19)14-10-7-9-13(11-14)20-15(3,16)17/h7,9-12H,4-6,8H2,1-3H3. The zero-order valence-electron chi connectivity index (χ0n) is 12.6. The van der Waals surface area contributed by atoms with Gasteiger partial charge in [-0.1, -0.05) is 32.3 Å². The highest BCUT2D eigenvalue weighted by molar-refractivity contribution is 7.92. The van der Waals surface area contributed by atoms with Crippen molar-refractivity contribution in [3.05, 3.63) is 24.3 Å². The number of halogens is 2. The molecular formula is C15H22F2O3S. The van der Waals surface area contributed by atoms with E-state index in [1.54, 1.807) is 6.92 Å². The molecule has 21 heavy (non-hydrogen) atoms. The van der Waals surface area contributed by atoms with Crippen molar-refractivity contribution in [2.24, 2.45) is 0 Å². The Morgan fingerprint density at radius 1 is 1.29 bits per heavy atom. The van der Waals surface area contributed by atoms with Gasteiger partial charge in [0.2, 0.25) is 0 Å². The summed E-state index contributed by atoms with van der Waals surface area (Å²) in [6, 6.07) is 5.29. The maximum atomic E-state index is 12.8. The van der Waals surface area contributed by atoms with Crippen molar-refractivity contribution in [1.29, 1.82) is 0 Å². The molecule has 0 aliphatic carbocycles. The first-order valence-corrected chi connectivity index (χ1v) is 8.62. The van der Waals surface area contributed by atoms with Gasteiger partial charge in [0.25, 0.3) is 0 Å². The van der Waals surface area contributed by atoms with E-state index in [1.807, 2.05) is 6.92 Å². The van der Waals surface area contributed by atoms with Gasteiger partial charge >= 0.3 is 6.11 Å². The van der Waals surface area contributed by atoms with Gasteiger partial charge in [-0.15, -0.1) is 0 Å². The Labute approximate surface area is 125 Å². The quantitative estimate of drug-likeness (QED) is 0.666. The minimum absolute atomic E-state index is 0.0215. The van der Waals surface area contributed by atoms with Crippen LogP contribution in [0.4, 0.5) is 8.78 Å². The molecule has 6 heteroatoms. The van der Waals surface area contributed by atoms with Crippen molar-refractivity contribution in [3.63, 3.8) is 0 Å². The van der Waals surface area contributed by atoms with Crippen LogP contribution in [0.1, 0.15) is 46.5 Å². The molecule has 0 N–H and O–H groups in total. The topological polar surface area (TPSA) is 43.4 Å². The summed E-state index contributed by atoms with van der Waals surface area (Å²) in [7, 11) is -3.52. The van der Waals surface area contributed by atoms with E-state index in [2.05, 4.69) is 4.74 Å². The fourth-order valence-corrected chi connectivity index (χ4v) is 3.48. The summed E-state index contributed by atoms with van der Waals surface area (Å²) < 4.78 is 54.9. The maximum absolute atomic E-state index is 12.8. The molecule has 0 aliphatic rings. The van der Waals surface area contributed by atoms with Crippen molar-refractivity contribution in [2.75, 3.05) is 0 Å². The summed E-state index contributed by atoms with van der Waals surface area (Å²) in [5.41, 5.74) is 0. The second-order valence-electron chi connectivity index (χ2n) is 5.24. The zero-order valence-corrected chi connectivity index (χ0v) is 13.4. The van der Waals surface area contributed by atoms with E-state index < -0.39 is 21.2 Å². The number of hydrogen-bond donors (Lipinski definition) is 0. The summed E-state index contributed by atoms with van der Waals surface area (Å²) in [5.74, 6) is -0.149. The van der Waals surface area contributed by atoms with Gasteiger partial charge in [0, 0.05) is 6.92 Å². The van der Waals surface area contributed by atoms with Gasteiger partial charge in [-0.2, -0.15) is 8.78 Å². The Morgan fingerprint density at radius 3 is 2.52 bits per heavy atom. The Balaban J connectivity index is 2.90. The van der Waals surface area contributed by atoms with Gasteiger partial charge in [-0.3, -0.25) is 0 Å². The molecular weight excluding hydrogens is 298 g/mol. The average Bonchev–Trinajstić information content (AvgIpc) is 2.37. The fraction of sp³-hybridized carbons (Fsp3) is 0.600. The van der Waals surface area contributed by atoms with Gasteiger partial charge in [0.05, 0.1) is 10.1 Å². The van der Waals surface area contributed by atoms with Gasteiger partial charge in [-0.05, 0) is 31.5 Å². The predicted molar refractivity (Wildman–Crippen MR) is 78.5 cm³/mol. The third kappa shape index (κ3) is 5.61. The van der Waals surface area contributed by atoms with Crippen LogP contribution >= 0.6 is 0 Å². The van der Waals surface area contributed by atoms with Crippen molar-refractivity contribution in [1.82, 2.24) is 0 Å². The van der Waals surface area contributed by atoms with Crippen LogP contribution in [-0.4, -0.2) is 19.8 Å². The van der Waals surface area contributed by atoms with Crippen molar-refractivity contribution in [3.8, 4) is 5.75 Å². The highest BCUT2D eigenvalue weighted by atomic mass is 32.2. The Kier molecular flexibility index (Phi) is 6.13. The third-order valence-electron chi connectivity index (χ3n) is 3.18. The van der Waals surface area contributed by atoms with E-state index >= 15 is 0 Å². The molecule has 1 atom stereocenters. The summed E-state index contributed by atoms with van der Waals surface area (Å²) >= 11 is 0. The predicted octanol–water partition coefficient (Wildman–Crippen LogP) is 4.42. The van der Waals surface area contributed by atoms with Crippen LogP contribution in [0, 0.1) is 0 Å². The summed E-state index contributed by atoms with van der Waals surface area (Å²) in [5, 5.41) is -0.540. The van der Waals surface area contributed by atoms with Gasteiger partial charge in [0.15, 0.2) is 9.84 Å². The lowest BCUT2D eigenvalue weighted by Crippen LogP contribution is -2.20. The number of hydrogen-bond acceptors (Lipinski definition) is 3. The van der Waals surface area contributed by atoms with E-state index in [1.165, 1.54) is 18.2 Å². The molecule has 0 radical (unpaired) electrons. The molecule has 3 nitrogen and oxygen atoms in total. The van der Waals surface area contributed by atoms with E-state index in [9.17, 15) is 17.2 Å². The maximum Gasteiger partial charge on any atom is 0.394 e. The van der Waals surface area contributed by atoms with Crippen molar-refractivity contribution >= 4 is 9.84 Å². The molecule has 0 saturated carbocycles. The molecule has 0 aliphatic heterocycles. The lowest BCUT2D eigenvalue weighted by Gasteiger charge is -2.16. The van der Waals surface area contributed by atoms with E-state index in [0.29, 0.717) is 13.3 Å². The fourth-order valence-electron chi connectivity index (χ4n) is 1.99. The Morgan fingerprint density at radius 2 is 1.95 bits per heavy atom. The molecule has 0 heterocycles. The second-order valence-corrected chi connectivity index (χ2v) is 7.60. The van der Waals surface area contributed by atoms with Crippen LogP contribution in [-0.2, 0) is 9.84 Å². The SMILES string of the molecule is CCCCCC(C)S(=O)(=O)c1cccc(OC(C)(F)F)c1. The van der Waals surface area contributed by atoms with Crippen LogP contribution in [0.2, 0.25) is 0 Å². The molecule has 1 rings (SSSR count).